The molecule has 0 aliphatic heterocycles. The Morgan fingerprint density at radius 3 is 2.43 bits per heavy atom. The van der Waals surface area contributed by atoms with Gasteiger partial charge in [-0.25, -0.2) is 0 Å². The summed E-state index contributed by atoms with van der Waals surface area (Å²) in [4.78, 5) is 13.1. The highest BCUT2D eigenvalue weighted by Crippen LogP contribution is 2.30. The Labute approximate surface area is 179 Å². The molecule has 0 unspecified atom stereocenters. The van der Waals surface area contributed by atoms with Gasteiger partial charge in [-0.2, -0.15) is 0 Å². The maximum atomic E-state index is 13.1. The first-order chi connectivity index (χ1) is 14.6. The Morgan fingerprint density at radius 2 is 1.63 bits per heavy atom. The molecule has 4 rings (SSSR count). The molecular weight excluding hydrogens is 370 g/mol. The number of aryl methyl sites for hydroxylation is 2. The SMILES string of the molecule is Cc1cccc([C@H](NC(=O)[C@@H](C)Oc2cccc3c2CCCC3)c2ccccc2)c1. The molecule has 0 aromatic heterocycles. The molecule has 0 radical (unpaired) electrons. The van der Waals surface area contributed by atoms with Gasteiger partial charge >= 0.3 is 0 Å². The van der Waals surface area contributed by atoms with E-state index in [0.717, 1.165) is 29.7 Å². The lowest BCUT2D eigenvalue weighted by Crippen LogP contribution is -2.39. The van der Waals surface area contributed by atoms with Gasteiger partial charge in [0.2, 0.25) is 0 Å². The predicted octanol–water partition coefficient (Wildman–Crippen LogP) is 5.55. The fourth-order valence-electron chi connectivity index (χ4n) is 4.21. The number of benzene rings is 3. The van der Waals surface area contributed by atoms with Crippen molar-refractivity contribution >= 4 is 5.91 Å². The van der Waals surface area contributed by atoms with E-state index in [1.165, 1.54) is 29.5 Å². The first kappa shape index (κ1) is 20.2. The maximum Gasteiger partial charge on any atom is 0.261 e. The highest BCUT2D eigenvalue weighted by molar-refractivity contribution is 5.81. The molecule has 1 N–H and O–H groups in total. The summed E-state index contributed by atoms with van der Waals surface area (Å²) >= 11 is 0. The number of carbonyl (C=O) groups excluding carboxylic acids is 1. The molecular formula is C27H29NO2. The van der Waals surface area contributed by atoms with Crippen LogP contribution in [0.1, 0.15) is 53.6 Å². The molecule has 1 aliphatic rings. The Morgan fingerprint density at radius 1 is 0.900 bits per heavy atom. The third-order valence-electron chi connectivity index (χ3n) is 5.82. The highest BCUT2D eigenvalue weighted by atomic mass is 16.5. The molecule has 1 aliphatic carbocycles. The van der Waals surface area contributed by atoms with Gasteiger partial charge in [-0.1, -0.05) is 72.3 Å². The van der Waals surface area contributed by atoms with Gasteiger partial charge in [0.15, 0.2) is 6.10 Å². The van der Waals surface area contributed by atoms with E-state index >= 15 is 0 Å². The highest BCUT2D eigenvalue weighted by Gasteiger charge is 2.23. The van der Waals surface area contributed by atoms with E-state index in [2.05, 4.69) is 36.5 Å². The standard InChI is InChI=1S/C27H29NO2/c1-19-10-8-15-23(18-19)26(22-12-4-3-5-13-22)28-27(29)20(2)30-25-17-9-14-21-11-6-7-16-24(21)25/h3-5,8-10,12-15,17-18,20,26H,6-7,11,16H2,1-2H3,(H,28,29)/t20-,26-/m1/s1. The van der Waals surface area contributed by atoms with Gasteiger partial charge in [0.25, 0.3) is 5.91 Å². The van der Waals surface area contributed by atoms with Crippen molar-refractivity contribution in [3.05, 3.63) is 101 Å². The first-order valence-corrected chi connectivity index (χ1v) is 10.8. The van der Waals surface area contributed by atoms with Crippen LogP contribution < -0.4 is 10.1 Å². The molecule has 154 valence electrons. The molecule has 1 amide bonds. The van der Waals surface area contributed by atoms with Crippen LogP contribution in [0.25, 0.3) is 0 Å². The minimum Gasteiger partial charge on any atom is -0.481 e. The van der Waals surface area contributed by atoms with E-state index in [0.29, 0.717) is 0 Å². The average molecular weight is 400 g/mol. The smallest absolute Gasteiger partial charge is 0.261 e. The van der Waals surface area contributed by atoms with Crippen LogP contribution in [0.4, 0.5) is 0 Å². The Hall–Kier alpha value is -3.07. The van der Waals surface area contributed by atoms with Gasteiger partial charge in [-0.15, -0.1) is 0 Å². The molecule has 0 spiro atoms. The molecule has 3 nitrogen and oxygen atoms in total. The summed E-state index contributed by atoms with van der Waals surface area (Å²) in [5, 5.41) is 3.21. The molecule has 2 atom stereocenters. The summed E-state index contributed by atoms with van der Waals surface area (Å²) in [6.07, 6.45) is 3.94. The van der Waals surface area contributed by atoms with Crippen molar-refractivity contribution < 1.29 is 9.53 Å². The number of nitrogens with one attached hydrogen (secondary N) is 1. The summed E-state index contributed by atoms with van der Waals surface area (Å²) in [7, 11) is 0. The average Bonchev–Trinajstić information content (AvgIpc) is 2.78. The number of carbonyl (C=O) groups is 1. The van der Waals surface area contributed by atoms with E-state index in [4.69, 9.17) is 4.74 Å². The first-order valence-electron chi connectivity index (χ1n) is 10.8. The van der Waals surface area contributed by atoms with Crippen molar-refractivity contribution in [2.75, 3.05) is 0 Å². The zero-order valence-corrected chi connectivity index (χ0v) is 17.7. The van der Waals surface area contributed by atoms with Crippen LogP contribution in [0.2, 0.25) is 0 Å². The molecule has 30 heavy (non-hydrogen) atoms. The lowest BCUT2D eigenvalue weighted by atomic mass is 9.91. The van der Waals surface area contributed by atoms with Crippen molar-refractivity contribution in [1.82, 2.24) is 5.32 Å². The summed E-state index contributed by atoms with van der Waals surface area (Å²) < 4.78 is 6.16. The van der Waals surface area contributed by atoms with E-state index in [9.17, 15) is 4.79 Å². The van der Waals surface area contributed by atoms with Crippen molar-refractivity contribution in [3.8, 4) is 5.75 Å². The quantitative estimate of drug-likeness (QED) is 0.590. The van der Waals surface area contributed by atoms with Gasteiger partial charge in [-0.05, 0) is 67.9 Å². The normalized spacial score (nSPS) is 15.0. The molecule has 3 heteroatoms. The maximum absolute atomic E-state index is 13.1. The van der Waals surface area contributed by atoms with Crippen LogP contribution in [0, 0.1) is 6.92 Å². The van der Waals surface area contributed by atoms with Crippen LogP contribution in [0.3, 0.4) is 0 Å². The fourth-order valence-corrected chi connectivity index (χ4v) is 4.21. The topological polar surface area (TPSA) is 38.3 Å². The van der Waals surface area contributed by atoms with E-state index < -0.39 is 6.10 Å². The Kier molecular flexibility index (Phi) is 6.18. The van der Waals surface area contributed by atoms with Gasteiger partial charge in [0, 0.05) is 0 Å². The molecule has 3 aromatic carbocycles. The summed E-state index contributed by atoms with van der Waals surface area (Å²) in [5.41, 5.74) is 5.91. The number of rotatable bonds is 6. The van der Waals surface area contributed by atoms with Crippen molar-refractivity contribution in [2.45, 2.75) is 51.7 Å². The van der Waals surface area contributed by atoms with Crippen molar-refractivity contribution in [1.29, 1.82) is 0 Å². The molecule has 0 saturated heterocycles. The number of ether oxygens (including phenoxy) is 1. The summed E-state index contributed by atoms with van der Waals surface area (Å²) in [6.45, 7) is 3.90. The second-order valence-electron chi connectivity index (χ2n) is 8.13. The zero-order chi connectivity index (χ0) is 20.9. The van der Waals surface area contributed by atoms with Crippen LogP contribution in [0.15, 0.2) is 72.8 Å². The number of hydrogen-bond donors (Lipinski definition) is 1. The summed E-state index contributed by atoms with van der Waals surface area (Å²) in [5.74, 6) is 0.737. The number of amides is 1. The number of hydrogen-bond acceptors (Lipinski definition) is 2. The van der Waals surface area contributed by atoms with Gasteiger partial charge in [0.1, 0.15) is 5.75 Å². The third kappa shape index (κ3) is 4.56. The van der Waals surface area contributed by atoms with Crippen LogP contribution in [-0.4, -0.2) is 12.0 Å². The van der Waals surface area contributed by atoms with Crippen LogP contribution >= 0.6 is 0 Å². The minimum atomic E-state index is -0.575. The van der Waals surface area contributed by atoms with E-state index in [1.54, 1.807) is 0 Å². The molecule has 3 aromatic rings. The fraction of sp³-hybridized carbons (Fsp3) is 0.296. The van der Waals surface area contributed by atoms with Gasteiger partial charge in [-0.3, -0.25) is 4.79 Å². The van der Waals surface area contributed by atoms with E-state index in [1.807, 2.05) is 55.5 Å². The Balaban J connectivity index is 1.54. The number of fused-ring (bicyclic) bond motifs is 1. The van der Waals surface area contributed by atoms with Crippen molar-refractivity contribution in [3.63, 3.8) is 0 Å². The predicted molar refractivity (Wildman–Crippen MR) is 121 cm³/mol. The second-order valence-corrected chi connectivity index (χ2v) is 8.13. The van der Waals surface area contributed by atoms with Gasteiger partial charge in [0.05, 0.1) is 6.04 Å². The monoisotopic (exact) mass is 399 g/mol. The third-order valence-corrected chi connectivity index (χ3v) is 5.82. The minimum absolute atomic E-state index is 0.112. The molecule has 0 heterocycles. The lowest BCUT2D eigenvalue weighted by Gasteiger charge is -2.25. The molecule has 0 bridgehead atoms. The lowest BCUT2D eigenvalue weighted by molar-refractivity contribution is -0.127. The second kappa shape index (κ2) is 9.17. The van der Waals surface area contributed by atoms with Crippen LogP contribution in [-0.2, 0) is 17.6 Å². The van der Waals surface area contributed by atoms with E-state index in [-0.39, 0.29) is 11.9 Å². The summed E-state index contributed by atoms with van der Waals surface area (Å²) in [6, 6.07) is 24.3. The van der Waals surface area contributed by atoms with Gasteiger partial charge < -0.3 is 10.1 Å². The zero-order valence-electron chi connectivity index (χ0n) is 17.7. The van der Waals surface area contributed by atoms with Crippen molar-refractivity contribution in [2.24, 2.45) is 0 Å². The largest absolute Gasteiger partial charge is 0.481 e. The Bertz CT molecular complexity index is 1010. The van der Waals surface area contributed by atoms with Crippen LogP contribution in [0.5, 0.6) is 5.75 Å². The molecule has 0 saturated carbocycles. The molecule has 0 fully saturated rings.